The van der Waals surface area contributed by atoms with Gasteiger partial charge in [0, 0.05) is 22.1 Å². The van der Waals surface area contributed by atoms with Gasteiger partial charge in [-0.2, -0.15) is 0 Å². The highest BCUT2D eigenvalue weighted by atomic mass is 35.5. The second-order valence-electron chi connectivity index (χ2n) is 7.19. The van der Waals surface area contributed by atoms with Crippen LogP contribution in [0, 0.1) is 13.8 Å². The van der Waals surface area contributed by atoms with Crippen LogP contribution in [0.5, 0.6) is 0 Å². The van der Waals surface area contributed by atoms with Crippen molar-refractivity contribution in [1.82, 2.24) is 9.88 Å². The second-order valence-corrected chi connectivity index (χ2v) is 8.45. The van der Waals surface area contributed by atoms with Gasteiger partial charge < -0.3 is 4.57 Å². The summed E-state index contributed by atoms with van der Waals surface area (Å²) in [5.41, 5.74) is 3.23. The first-order valence-corrected chi connectivity index (χ1v) is 10.6. The molecule has 0 spiro atoms. The number of imide groups is 2. The highest BCUT2D eigenvalue weighted by molar-refractivity contribution is 6.42. The van der Waals surface area contributed by atoms with Crippen molar-refractivity contribution in [3.63, 3.8) is 0 Å². The van der Waals surface area contributed by atoms with Crippen molar-refractivity contribution in [3.05, 3.63) is 86.1 Å². The number of carbonyl (C=O) groups excluding carboxylic acids is 3. The van der Waals surface area contributed by atoms with E-state index < -0.39 is 17.8 Å². The molecule has 0 atom stereocenters. The van der Waals surface area contributed by atoms with E-state index in [2.05, 4.69) is 5.32 Å². The molecule has 1 aliphatic heterocycles. The van der Waals surface area contributed by atoms with Gasteiger partial charge in [0.2, 0.25) is 0 Å². The maximum atomic E-state index is 13.1. The van der Waals surface area contributed by atoms with Gasteiger partial charge in [-0.05, 0) is 74.0 Å². The van der Waals surface area contributed by atoms with Crippen LogP contribution >= 0.6 is 34.8 Å². The first-order valence-electron chi connectivity index (χ1n) is 9.49. The number of aromatic nitrogens is 1. The van der Waals surface area contributed by atoms with Crippen molar-refractivity contribution in [2.45, 2.75) is 13.8 Å². The van der Waals surface area contributed by atoms with Crippen molar-refractivity contribution in [2.75, 3.05) is 4.90 Å². The summed E-state index contributed by atoms with van der Waals surface area (Å²) in [5, 5.41) is 3.53. The number of amides is 4. The Morgan fingerprint density at radius 2 is 1.50 bits per heavy atom. The third-order valence-corrected chi connectivity index (χ3v) is 6.11. The van der Waals surface area contributed by atoms with Crippen molar-refractivity contribution < 1.29 is 14.4 Å². The first-order chi connectivity index (χ1) is 15.2. The molecule has 3 aromatic rings. The molecule has 32 heavy (non-hydrogen) atoms. The fraction of sp³-hybridized carbons (Fsp3) is 0.0870. The number of aryl methyl sites for hydroxylation is 1. The Labute approximate surface area is 199 Å². The standard InChI is InChI=1S/C23H16Cl3N3O3/c1-12-9-14(13(2)28(12)17-7-8-19(25)20(26)11-17)10-18-21(30)27-23(32)29(22(18)31)16-5-3-15(24)4-6-16/h3-11H,1-2H3,(H,27,30,32). The van der Waals surface area contributed by atoms with E-state index in [1.165, 1.54) is 18.2 Å². The van der Waals surface area contributed by atoms with Crippen LogP contribution < -0.4 is 10.2 Å². The summed E-state index contributed by atoms with van der Waals surface area (Å²) in [5.74, 6) is -1.48. The predicted molar refractivity (Wildman–Crippen MR) is 126 cm³/mol. The molecule has 0 radical (unpaired) electrons. The van der Waals surface area contributed by atoms with Gasteiger partial charge in [0.05, 0.1) is 15.7 Å². The third-order valence-electron chi connectivity index (χ3n) is 5.12. The zero-order valence-electron chi connectivity index (χ0n) is 16.9. The van der Waals surface area contributed by atoms with E-state index >= 15 is 0 Å². The van der Waals surface area contributed by atoms with Gasteiger partial charge >= 0.3 is 6.03 Å². The van der Waals surface area contributed by atoms with Gasteiger partial charge in [-0.3, -0.25) is 14.9 Å². The van der Waals surface area contributed by atoms with E-state index in [-0.39, 0.29) is 5.57 Å². The molecular weight excluding hydrogens is 473 g/mol. The summed E-state index contributed by atoms with van der Waals surface area (Å²) >= 11 is 18.1. The molecule has 9 heteroatoms. The average Bonchev–Trinajstić information content (AvgIpc) is 3.01. The van der Waals surface area contributed by atoms with Crippen LogP contribution in [0.3, 0.4) is 0 Å². The zero-order chi connectivity index (χ0) is 23.2. The van der Waals surface area contributed by atoms with Gasteiger partial charge in [-0.1, -0.05) is 34.8 Å². The number of nitrogens with one attached hydrogen (secondary N) is 1. The molecule has 0 aliphatic carbocycles. The van der Waals surface area contributed by atoms with E-state index in [0.29, 0.717) is 26.3 Å². The maximum Gasteiger partial charge on any atom is 0.335 e. The molecule has 1 N–H and O–H groups in total. The SMILES string of the molecule is Cc1cc(C=C2C(=O)NC(=O)N(c3ccc(Cl)cc3)C2=O)c(C)n1-c1ccc(Cl)c(Cl)c1. The second kappa shape index (κ2) is 8.47. The van der Waals surface area contributed by atoms with Gasteiger partial charge in [-0.25, -0.2) is 9.69 Å². The van der Waals surface area contributed by atoms with Crippen molar-refractivity contribution in [3.8, 4) is 5.69 Å². The molecule has 4 amide bonds. The zero-order valence-corrected chi connectivity index (χ0v) is 19.2. The summed E-state index contributed by atoms with van der Waals surface area (Å²) in [6, 6.07) is 12.5. The molecule has 2 heterocycles. The monoisotopic (exact) mass is 487 g/mol. The van der Waals surface area contributed by atoms with E-state index in [0.717, 1.165) is 22.0 Å². The predicted octanol–water partition coefficient (Wildman–Crippen LogP) is 5.72. The fourth-order valence-corrected chi connectivity index (χ4v) is 4.01. The Hall–Kier alpha value is -3.06. The molecule has 6 nitrogen and oxygen atoms in total. The third kappa shape index (κ3) is 3.93. The number of carbonyl (C=O) groups is 3. The molecule has 1 aromatic heterocycles. The van der Waals surface area contributed by atoms with Crippen LogP contribution in [0.1, 0.15) is 17.0 Å². The van der Waals surface area contributed by atoms with Crippen LogP contribution in [0.4, 0.5) is 10.5 Å². The molecule has 0 saturated carbocycles. The maximum absolute atomic E-state index is 13.1. The summed E-state index contributed by atoms with van der Waals surface area (Å²) in [4.78, 5) is 38.9. The molecule has 2 aromatic carbocycles. The molecule has 1 fully saturated rings. The van der Waals surface area contributed by atoms with Gasteiger partial charge in [0.25, 0.3) is 11.8 Å². The smallest absolute Gasteiger partial charge is 0.318 e. The van der Waals surface area contributed by atoms with Gasteiger partial charge in [0.1, 0.15) is 5.57 Å². The van der Waals surface area contributed by atoms with Crippen molar-refractivity contribution in [1.29, 1.82) is 0 Å². The first kappa shape index (κ1) is 22.1. The number of halogens is 3. The van der Waals surface area contributed by atoms with E-state index in [4.69, 9.17) is 34.8 Å². The highest BCUT2D eigenvalue weighted by Crippen LogP contribution is 2.29. The molecule has 1 aliphatic rings. The Kier molecular flexibility index (Phi) is 5.86. The lowest BCUT2D eigenvalue weighted by Crippen LogP contribution is -2.54. The normalized spacial score (nSPS) is 15.5. The van der Waals surface area contributed by atoms with Crippen LogP contribution in [0.25, 0.3) is 11.8 Å². The van der Waals surface area contributed by atoms with Crippen LogP contribution in [-0.2, 0) is 9.59 Å². The van der Waals surface area contributed by atoms with Crippen molar-refractivity contribution in [2.24, 2.45) is 0 Å². The number of barbiturate groups is 1. The van der Waals surface area contributed by atoms with Gasteiger partial charge in [-0.15, -0.1) is 0 Å². The minimum Gasteiger partial charge on any atom is -0.318 e. The summed E-state index contributed by atoms with van der Waals surface area (Å²) in [6.07, 6.45) is 1.48. The Morgan fingerprint density at radius 3 is 2.16 bits per heavy atom. The van der Waals surface area contributed by atoms with Crippen LogP contribution in [-0.4, -0.2) is 22.4 Å². The minimum atomic E-state index is -0.819. The summed E-state index contributed by atoms with van der Waals surface area (Å²) in [6.45, 7) is 3.75. The highest BCUT2D eigenvalue weighted by Gasteiger charge is 2.37. The molecule has 0 bridgehead atoms. The minimum absolute atomic E-state index is 0.158. The number of hydrogen-bond acceptors (Lipinski definition) is 3. The quantitative estimate of drug-likeness (QED) is 0.378. The lowest BCUT2D eigenvalue weighted by atomic mass is 10.1. The Bertz CT molecular complexity index is 1310. The van der Waals surface area contributed by atoms with Crippen LogP contribution in [0.2, 0.25) is 15.1 Å². The fourth-order valence-electron chi connectivity index (χ4n) is 3.59. The molecular formula is C23H16Cl3N3O3. The Balaban J connectivity index is 1.76. The van der Waals surface area contributed by atoms with E-state index in [1.807, 2.05) is 30.5 Å². The number of nitrogens with zero attached hydrogens (tertiary/aromatic N) is 2. The van der Waals surface area contributed by atoms with Crippen LogP contribution in [0.15, 0.2) is 54.1 Å². The van der Waals surface area contributed by atoms with E-state index in [9.17, 15) is 14.4 Å². The largest absolute Gasteiger partial charge is 0.335 e. The van der Waals surface area contributed by atoms with Gasteiger partial charge in [0.15, 0.2) is 0 Å². The lowest BCUT2D eigenvalue weighted by Gasteiger charge is -2.26. The summed E-state index contributed by atoms with van der Waals surface area (Å²) < 4.78 is 1.93. The number of benzene rings is 2. The Morgan fingerprint density at radius 1 is 0.844 bits per heavy atom. The molecule has 1 saturated heterocycles. The molecule has 0 unspecified atom stereocenters. The number of rotatable bonds is 3. The molecule has 162 valence electrons. The number of anilines is 1. The summed E-state index contributed by atoms with van der Waals surface area (Å²) in [7, 11) is 0. The van der Waals surface area contributed by atoms with E-state index in [1.54, 1.807) is 24.3 Å². The van der Waals surface area contributed by atoms with Crippen molar-refractivity contribution >= 4 is 64.4 Å². The number of hydrogen-bond donors (Lipinski definition) is 1. The molecule has 4 rings (SSSR count). The lowest BCUT2D eigenvalue weighted by molar-refractivity contribution is -0.122. The number of urea groups is 1. The average molecular weight is 489 g/mol. The topological polar surface area (TPSA) is 71.4 Å².